The third kappa shape index (κ3) is 2.68. The van der Waals surface area contributed by atoms with Crippen molar-refractivity contribution in [1.29, 1.82) is 0 Å². The summed E-state index contributed by atoms with van der Waals surface area (Å²) < 4.78 is 6.06. The van der Waals surface area contributed by atoms with Crippen LogP contribution in [0.15, 0.2) is 51.7 Å². The fourth-order valence-corrected chi connectivity index (χ4v) is 3.60. The van der Waals surface area contributed by atoms with Gasteiger partial charge in [0.2, 0.25) is 0 Å². The molecule has 2 aromatic rings. The summed E-state index contributed by atoms with van der Waals surface area (Å²) in [4.78, 5) is 31.8. The van der Waals surface area contributed by atoms with Crippen LogP contribution in [0.5, 0.6) is 0 Å². The van der Waals surface area contributed by atoms with Gasteiger partial charge in [-0.15, -0.1) is 0 Å². The summed E-state index contributed by atoms with van der Waals surface area (Å²) in [6.07, 6.45) is 0. The molecule has 4 rings (SSSR count). The van der Waals surface area contributed by atoms with Crippen molar-refractivity contribution in [1.82, 2.24) is 10.4 Å². The molecule has 0 bridgehead atoms. The van der Waals surface area contributed by atoms with Crippen molar-refractivity contribution in [3.8, 4) is 11.5 Å². The minimum atomic E-state index is -0.472. The van der Waals surface area contributed by atoms with Crippen molar-refractivity contribution in [3.05, 3.63) is 58.3 Å². The van der Waals surface area contributed by atoms with Crippen LogP contribution in [0.1, 0.15) is 24.2 Å². The number of carbonyl (C=O) groups excluding carboxylic acids is 1. The van der Waals surface area contributed by atoms with E-state index >= 15 is 0 Å². The van der Waals surface area contributed by atoms with Gasteiger partial charge in [0, 0.05) is 29.9 Å². The summed E-state index contributed by atoms with van der Waals surface area (Å²) in [6.45, 7) is 5.43. The molecule has 0 saturated heterocycles. The number of aromatic nitrogens is 1. The average molecular weight is 376 g/mol. The van der Waals surface area contributed by atoms with Gasteiger partial charge in [0.1, 0.15) is 16.8 Å². The van der Waals surface area contributed by atoms with E-state index in [1.807, 2.05) is 49.1 Å². The SMILES string of the molecule is CCN(CC)c1ccc2nc3c4ccccc4c(=O)cc-3oc2c1C(=O)NN. The minimum Gasteiger partial charge on any atom is -0.452 e. The predicted molar refractivity (Wildman–Crippen MR) is 110 cm³/mol. The van der Waals surface area contributed by atoms with Crippen LogP contribution < -0.4 is 21.6 Å². The first kappa shape index (κ1) is 17.9. The summed E-state index contributed by atoms with van der Waals surface area (Å²) in [5.41, 5.74) is 4.44. The largest absolute Gasteiger partial charge is 0.452 e. The van der Waals surface area contributed by atoms with Gasteiger partial charge in [-0.05, 0) is 26.0 Å². The molecule has 28 heavy (non-hydrogen) atoms. The highest BCUT2D eigenvalue weighted by molar-refractivity contribution is 6.10. The molecule has 7 nitrogen and oxygen atoms in total. The lowest BCUT2D eigenvalue weighted by Crippen LogP contribution is -2.33. The number of carbonyl (C=O) groups is 1. The molecule has 0 aromatic heterocycles. The molecule has 0 unspecified atom stereocenters. The molecule has 1 aliphatic carbocycles. The molecule has 0 saturated carbocycles. The van der Waals surface area contributed by atoms with Crippen molar-refractivity contribution in [2.45, 2.75) is 13.8 Å². The summed E-state index contributed by atoms with van der Waals surface area (Å²) in [6, 6.07) is 12.3. The Bertz CT molecular complexity index is 1230. The van der Waals surface area contributed by atoms with Gasteiger partial charge in [-0.3, -0.25) is 15.0 Å². The Morgan fingerprint density at radius 2 is 1.86 bits per heavy atom. The van der Waals surface area contributed by atoms with E-state index in [1.165, 1.54) is 6.07 Å². The number of nitrogens with two attached hydrogens (primary N) is 1. The molecular formula is C21H20N4O3. The first-order valence-electron chi connectivity index (χ1n) is 9.14. The van der Waals surface area contributed by atoms with Crippen LogP contribution in [0.25, 0.3) is 33.3 Å². The monoisotopic (exact) mass is 376 g/mol. The highest BCUT2D eigenvalue weighted by Gasteiger charge is 2.23. The molecule has 0 radical (unpaired) electrons. The maximum atomic E-state index is 12.6. The smallest absolute Gasteiger partial charge is 0.271 e. The van der Waals surface area contributed by atoms with E-state index in [4.69, 9.17) is 15.2 Å². The van der Waals surface area contributed by atoms with Crippen molar-refractivity contribution in [2.75, 3.05) is 18.0 Å². The number of nitrogens with one attached hydrogen (secondary N) is 1. The van der Waals surface area contributed by atoms with Crippen LogP contribution in [0, 0.1) is 0 Å². The molecule has 142 valence electrons. The van der Waals surface area contributed by atoms with Crippen LogP contribution in [0.3, 0.4) is 0 Å². The second kappa shape index (κ2) is 6.94. The van der Waals surface area contributed by atoms with Crippen LogP contribution in [0.2, 0.25) is 0 Å². The predicted octanol–water partition coefficient (Wildman–Crippen LogP) is 2.90. The van der Waals surface area contributed by atoms with Crippen molar-refractivity contribution >= 4 is 33.5 Å². The third-order valence-electron chi connectivity index (χ3n) is 4.96. The van der Waals surface area contributed by atoms with E-state index < -0.39 is 5.91 Å². The lowest BCUT2D eigenvalue weighted by molar-refractivity contribution is 0.0955. The zero-order valence-electron chi connectivity index (χ0n) is 15.7. The highest BCUT2D eigenvalue weighted by atomic mass is 16.3. The van der Waals surface area contributed by atoms with E-state index in [0.717, 1.165) is 0 Å². The van der Waals surface area contributed by atoms with Crippen molar-refractivity contribution in [3.63, 3.8) is 0 Å². The Morgan fingerprint density at radius 1 is 1.14 bits per heavy atom. The molecule has 2 aromatic carbocycles. The van der Waals surface area contributed by atoms with Gasteiger partial charge in [-0.25, -0.2) is 10.8 Å². The molecule has 0 atom stereocenters. The Labute approximate surface area is 161 Å². The van der Waals surface area contributed by atoms with Gasteiger partial charge in [0.15, 0.2) is 16.8 Å². The van der Waals surface area contributed by atoms with Crippen LogP contribution in [-0.2, 0) is 0 Å². The number of rotatable bonds is 4. The molecule has 1 heterocycles. The lowest BCUT2D eigenvalue weighted by atomic mass is 10.0. The average Bonchev–Trinajstić information content (AvgIpc) is 2.73. The quantitative estimate of drug-likeness (QED) is 0.187. The van der Waals surface area contributed by atoms with Gasteiger partial charge in [-0.2, -0.15) is 0 Å². The van der Waals surface area contributed by atoms with Crippen LogP contribution in [-0.4, -0.2) is 24.0 Å². The fraction of sp³-hybridized carbons (Fsp3) is 0.190. The fourth-order valence-electron chi connectivity index (χ4n) is 3.60. The summed E-state index contributed by atoms with van der Waals surface area (Å²) >= 11 is 0. The number of fused-ring (bicyclic) bond motifs is 4. The normalized spacial score (nSPS) is 11.2. The molecule has 1 amide bonds. The molecule has 0 fully saturated rings. The second-order valence-corrected chi connectivity index (χ2v) is 6.43. The first-order chi connectivity index (χ1) is 13.6. The standard InChI is InChI=1S/C21H20N4O3/c1-3-25(4-2)15-10-9-14-20(18(15)21(27)24-22)28-17-11-16(26)12-7-5-6-8-13(12)19(17)23-14/h5-11H,3-4,22H2,1-2H3,(H,24,27). The Hall–Kier alpha value is -3.45. The van der Waals surface area contributed by atoms with Crippen LogP contribution in [0.4, 0.5) is 5.69 Å². The number of anilines is 1. The zero-order chi connectivity index (χ0) is 19.8. The second-order valence-electron chi connectivity index (χ2n) is 6.43. The highest BCUT2D eigenvalue weighted by Crippen LogP contribution is 2.34. The van der Waals surface area contributed by atoms with E-state index in [0.29, 0.717) is 57.7 Å². The third-order valence-corrected chi connectivity index (χ3v) is 4.96. The summed E-state index contributed by atoms with van der Waals surface area (Å²) in [5.74, 6) is 5.29. The molecule has 3 N–H and O–H groups in total. The topological polar surface area (TPSA) is 101 Å². The van der Waals surface area contributed by atoms with Gasteiger partial charge in [0.05, 0.1) is 5.69 Å². The first-order valence-corrected chi connectivity index (χ1v) is 9.14. The van der Waals surface area contributed by atoms with Gasteiger partial charge >= 0.3 is 0 Å². The van der Waals surface area contributed by atoms with E-state index in [-0.39, 0.29) is 5.43 Å². The van der Waals surface area contributed by atoms with E-state index in [9.17, 15) is 9.59 Å². The Morgan fingerprint density at radius 3 is 2.54 bits per heavy atom. The van der Waals surface area contributed by atoms with Gasteiger partial charge in [-0.1, -0.05) is 24.3 Å². The molecule has 0 spiro atoms. The van der Waals surface area contributed by atoms with Crippen LogP contribution >= 0.6 is 0 Å². The molecule has 1 aliphatic heterocycles. The Kier molecular flexibility index (Phi) is 4.44. The number of amides is 1. The minimum absolute atomic E-state index is 0.155. The lowest BCUT2D eigenvalue weighted by Gasteiger charge is -2.24. The van der Waals surface area contributed by atoms with Gasteiger partial charge < -0.3 is 9.32 Å². The van der Waals surface area contributed by atoms with E-state index in [1.54, 1.807) is 6.07 Å². The molecule has 2 aliphatic rings. The number of benzene rings is 3. The van der Waals surface area contributed by atoms with Crippen molar-refractivity contribution in [2.24, 2.45) is 5.84 Å². The maximum Gasteiger partial charge on any atom is 0.271 e. The maximum absolute atomic E-state index is 12.6. The molecule has 7 heteroatoms. The summed E-state index contributed by atoms with van der Waals surface area (Å²) in [7, 11) is 0. The van der Waals surface area contributed by atoms with Gasteiger partial charge in [0.25, 0.3) is 5.91 Å². The van der Waals surface area contributed by atoms with E-state index in [2.05, 4.69) is 5.43 Å². The number of hydrazine groups is 1. The number of nitrogen functional groups attached to an aromatic ring is 1. The number of hydrogen-bond donors (Lipinski definition) is 2. The van der Waals surface area contributed by atoms with Crippen molar-refractivity contribution < 1.29 is 9.21 Å². The number of hydrogen-bond acceptors (Lipinski definition) is 6. The number of nitrogens with zero attached hydrogens (tertiary/aromatic N) is 2. The summed E-state index contributed by atoms with van der Waals surface area (Å²) in [5, 5.41) is 1.30. The zero-order valence-corrected chi connectivity index (χ0v) is 15.7. The molecular weight excluding hydrogens is 356 g/mol. The Balaban J connectivity index is 2.13.